The van der Waals surface area contributed by atoms with Gasteiger partial charge in [-0.05, 0) is 18.2 Å². The van der Waals surface area contributed by atoms with Crippen LogP contribution in [0.1, 0.15) is 31.8 Å². The van der Waals surface area contributed by atoms with E-state index in [1.54, 1.807) is 49.6 Å². The van der Waals surface area contributed by atoms with Gasteiger partial charge in [-0.2, -0.15) is 0 Å². The summed E-state index contributed by atoms with van der Waals surface area (Å²) >= 11 is 0. The van der Waals surface area contributed by atoms with Crippen LogP contribution in [0.25, 0.3) is 0 Å². The van der Waals surface area contributed by atoms with E-state index in [1.165, 1.54) is 0 Å². The molecule has 1 aliphatic rings. The summed E-state index contributed by atoms with van der Waals surface area (Å²) in [5.74, 6) is 0.228. The maximum absolute atomic E-state index is 12.7. The molecule has 30 heavy (non-hydrogen) atoms. The Morgan fingerprint density at radius 1 is 0.600 bits per heavy atom. The summed E-state index contributed by atoms with van der Waals surface area (Å²) in [6.07, 6.45) is 0. The van der Waals surface area contributed by atoms with Crippen LogP contribution in [0.3, 0.4) is 0 Å². The monoisotopic (exact) mass is 414 g/mol. The summed E-state index contributed by atoms with van der Waals surface area (Å²) in [4.78, 5) is 25.3. The van der Waals surface area contributed by atoms with Crippen molar-refractivity contribution >= 4 is 11.6 Å². The molecule has 0 fully saturated rings. The molecule has 0 spiro atoms. The Labute approximate surface area is 175 Å². The molecule has 0 unspecified atom stereocenters. The van der Waals surface area contributed by atoms with Gasteiger partial charge in [-0.25, -0.2) is 0 Å². The molecule has 0 amide bonds. The second-order valence-corrected chi connectivity index (χ2v) is 6.59. The zero-order chi connectivity index (χ0) is 21.2. The third kappa shape index (κ3) is 5.73. The minimum absolute atomic E-state index is 0.140. The lowest BCUT2D eigenvalue weighted by molar-refractivity contribution is 0.000162. The number of methoxy groups -OCH3 is 1. The SMILES string of the molecule is COCCOCCOCCOCCOc1ccc2c(c1)C(=O)c1ccccc1C2=O. The van der Waals surface area contributed by atoms with Gasteiger partial charge in [0.1, 0.15) is 12.4 Å². The Morgan fingerprint density at radius 3 is 1.70 bits per heavy atom. The van der Waals surface area contributed by atoms with E-state index in [0.29, 0.717) is 80.9 Å². The van der Waals surface area contributed by atoms with Crippen LogP contribution < -0.4 is 4.74 Å². The van der Waals surface area contributed by atoms with E-state index in [4.69, 9.17) is 23.7 Å². The van der Waals surface area contributed by atoms with Crippen molar-refractivity contribution in [3.8, 4) is 5.75 Å². The zero-order valence-corrected chi connectivity index (χ0v) is 17.1. The van der Waals surface area contributed by atoms with Gasteiger partial charge < -0.3 is 23.7 Å². The van der Waals surface area contributed by atoms with E-state index in [1.807, 2.05) is 0 Å². The molecule has 0 saturated carbocycles. The van der Waals surface area contributed by atoms with Crippen LogP contribution >= 0.6 is 0 Å². The molecule has 2 aromatic rings. The molecular weight excluding hydrogens is 388 g/mol. The molecule has 0 bridgehead atoms. The fraction of sp³-hybridized carbons (Fsp3) is 0.391. The zero-order valence-electron chi connectivity index (χ0n) is 17.1. The van der Waals surface area contributed by atoms with E-state index in [2.05, 4.69) is 0 Å². The molecule has 0 saturated heterocycles. The normalized spacial score (nSPS) is 12.6. The first-order valence-corrected chi connectivity index (χ1v) is 9.90. The van der Waals surface area contributed by atoms with Crippen molar-refractivity contribution in [2.45, 2.75) is 0 Å². The highest BCUT2D eigenvalue weighted by Gasteiger charge is 2.29. The van der Waals surface area contributed by atoms with Crippen LogP contribution in [0, 0.1) is 0 Å². The molecule has 0 heterocycles. The van der Waals surface area contributed by atoms with Gasteiger partial charge in [0.2, 0.25) is 0 Å². The van der Waals surface area contributed by atoms with Crippen molar-refractivity contribution < 1.29 is 33.3 Å². The third-order valence-corrected chi connectivity index (χ3v) is 4.57. The molecule has 2 aromatic carbocycles. The molecular formula is C23H26O7. The largest absolute Gasteiger partial charge is 0.491 e. The van der Waals surface area contributed by atoms with E-state index < -0.39 is 0 Å². The van der Waals surface area contributed by atoms with Crippen LogP contribution in [0.15, 0.2) is 42.5 Å². The quantitative estimate of drug-likeness (QED) is 0.398. The maximum Gasteiger partial charge on any atom is 0.194 e. The lowest BCUT2D eigenvalue weighted by atomic mass is 9.84. The fourth-order valence-electron chi connectivity index (χ4n) is 3.07. The second kappa shape index (κ2) is 11.6. The molecule has 1 aliphatic carbocycles. The summed E-state index contributed by atoms with van der Waals surface area (Å²) in [7, 11) is 1.63. The first-order chi connectivity index (χ1) is 14.7. The fourth-order valence-corrected chi connectivity index (χ4v) is 3.07. The van der Waals surface area contributed by atoms with Gasteiger partial charge >= 0.3 is 0 Å². The predicted molar refractivity (Wildman–Crippen MR) is 110 cm³/mol. The van der Waals surface area contributed by atoms with Crippen LogP contribution in [0.4, 0.5) is 0 Å². The molecule has 7 nitrogen and oxygen atoms in total. The average molecular weight is 414 g/mol. The average Bonchev–Trinajstić information content (AvgIpc) is 2.78. The number of ketones is 2. The number of carbonyl (C=O) groups excluding carboxylic acids is 2. The minimum Gasteiger partial charge on any atom is -0.491 e. The summed E-state index contributed by atoms with van der Waals surface area (Å²) in [6.45, 7) is 3.81. The standard InChI is InChI=1S/C23H26O7/c1-26-8-9-27-10-11-28-12-13-29-14-15-30-17-6-7-20-21(16-17)23(25)19-5-3-2-4-18(19)22(20)24/h2-7,16H,8-15H2,1H3. The van der Waals surface area contributed by atoms with Crippen molar-refractivity contribution in [2.24, 2.45) is 0 Å². The van der Waals surface area contributed by atoms with Crippen molar-refractivity contribution in [1.82, 2.24) is 0 Å². The van der Waals surface area contributed by atoms with E-state index >= 15 is 0 Å². The Kier molecular flexibility index (Phi) is 8.53. The van der Waals surface area contributed by atoms with Gasteiger partial charge in [-0.3, -0.25) is 9.59 Å². The molecule has 0 atom stereocenters. The van der Waals surface area contributed by atoms with Crippen molar-refractivity contribution in [2.75, 3.05) is 60.0 Å². The molecule has 0 aliphatic heterocycles. The second-order valence-electron chi connectivity index (χ2n) is 6.59. The molecule has 3 rings (SSSR count). The highest BCUT2D eigenvalue weighted by Crippen LogP contribution is 2.29. The number of hydrogen-bond acceptors (Lipinski definition) is 7. The topological polar surface area (TPSA) is 80.3 Å². The number of rotatable bonds is 13. The summed E-state index contributed by atoms with van der Waals surface area (Å²) in [5.41, 5.74) is 1.66. The lowest BCUT2D eigenvalue weighted by Gasteiger charge is -2.18. The van der Waals surface area contributed by atoms with Crippen molar-refractivity contribution in [3.05, 3.63) is 64.7 Å². The third-order valence-electron chi connectivity index (χ3n) is 4.57. The van der Waals surface area contributed by atoms with Gasteiger partial charge in [-0.1, -0.05) is 24.3 Å². The van der Waals surface area contributed by atoms with Gasteiger partial charge in [0.05, 0.1) is 46.2 Å². The smallest absolute Gasteiger partial charge is 0.194 e. The molecule has 7 heteroatoms. The van der Waals surface area contributed by atoms with Gasteiger partial charge in [0.15, 0.2) is 11.6 Å². The van der Waals surface area contributed by atoms with E-state index in [-0.39, 0.29) is 11.6 Å². The number of carbonyl (C=O) groups is 2. The summed E-state index contributed by atoms with van der Waals surface area (Å²) in [5, 5.41) is 0. The number of ether oxygens (including phenoxy) is 5. The minimum atomic E-state index is -0.162. The van der Waals surface area contributed by atoms with E-state index in [0.717, 1.165) is 0 Å². The highest BCUT2D eigenvalue weighted by atomic mass is 16.6. The highest BCUT2D eigenvalue weighted by molar-refractivity contribution is 6.28. The van der Waals surface area contributed by atoms with Crippen LogP contribution in [0.5, 0.6) is 5.75 Å². The first kappa shape index (κ1) is 22.1. The number of hydrogen-bond donors (Lipinski definition) is 0. The number of fused-ring (bicyclic) bond motifs is 2. The Balaban J connectivity index is 1.37. The van der Waals surface area contributed by atoms with Gasteiger partial charge in [0.25, 0.3) is 0 Å². The maximum atomic E-state index is 12.7. The Morgan fingerprint density at radius 2 is 1.10 bits per heavy atom. The predicted octanol–water partition coefficient (Wildman–Crippen LogP) is 2.54. The molecule has 0 radical (unpaired) electrons. The first-order valence-electron chi connectivity index (χ1n) is 9.90. The Bertz CT molecular complexity index is 862. The molecule has 160 valence electrons. The van der Waals surface area contributed by atoms with Crippen LogP contribution in [0.2, 0.25) is 0 Å². The number of benzene rings is 2. The van der Waals surface area contributed by atoms with Crippen molar-refractivity contribution in [1.29, 1.82) is 0 Å². The van der Waals surface area contributed by atoms with Gasteiger partial charge in [0, 0.05) is 29.4 Å². The lowest BCUT2D eigenvalue weighted by Crippen LogP contribution is -2.21. The van der Waals surface area contributed by atoms with Crippen LogP contribution in [-0.2, 0) is 18.9 Å². The molecule has 0 aromatic heterocycles. The van der Waals surface area contributed by atoms with Crippen molar-refractivity contribution in [3.63, 3.8) is 0 Å². The van der Waals surface area contributed by atoms with Gasteiger partial charge in [-0.15, -0.1) is 0 Å². The van der Waals surface area contributed by atoms with Crippen LogP contribution in [-0.4, -0.2) is 71.5 Å². The summed E-state index contributed by atoms with van der Waals surface area (Å²) < 4.78 is 26.7. The summed E-state index contributed by atoms with van der Waals surface area (Å²) in [6, 6.07) is 11.8. The molecule has 0 N–H and O–H groups in total. The van der Waals surface area contributed by atoms with E-state index in [9.17, 15) is 9.59 Å². The Hall–Kier alpha value is -2.58.